The lowest BCUT2D eigenvalue weighted by molar-refractivity contribution is 0.289. The number of nitrogens with zero attached hydrogens (tertiary/aromatic N) is 1. The van der Waals surface area contributed by atoms with Crippen LogP contribution in [0, 0.1) is 5.92 Å². The van der Waals surface area contributed by atoms with Crippen molar-refractivity contribution in [3.05, 3.63) is 0 Å². The summed E-state index contributed by atoms with van der Waals surface area (Å²) in [6.07, 6.45) is 1.24. The number of nitrogens with one attached hydrogen (secondary N) is 1. The Balaban J connectivity index is 2.36. The minimum atomic E-state index is -2.97. The molecule has 5 heteroatoms. The Morgan fingerprint density at radius 3 is 2.36 bits per heavy atom. The molecule has 0 amide bonds. The van der Waals surface area contributed by atoms with Crippen molar-refractivity contribution in [2.75, 3.05) is 32.9 Å². The summed E-state index contributed by atoms with van der Waals surface area (Å²) in [5.41, 5.74) is 0. The fourth-order valence-electron chi connectivity index (χ4n) is 0.977. The van der Waals surface area contributed by atoms with E-state index in [0.29, 0.717) is 12.5 Å². The molecule has 4 nitrogen and oxygen atoms in total. The first-order valence-electron chi connectivity index (χ1n) is 3.62. The molecule has 66 valence electrons. The van der Waals surface area contributed by atoms with Gasteiger partial charge in [0.15, 0.2) is 0 Å². The van der Waals surface area contributed by atoms with Crippen molar-refractivity contribution in [3.63, 3.8) is 0 Å². The fraction of sp³-hybridized carbons (Fsp3) is 1.00. The second kappa shape index (κ2) is 3.08. The van der Waals surface area contributed by atoms with E-state index in [1.807, 2.05) is 0 Å². The lowest BCUT2D eigenvalue weighted by Crippen LogP contribution is -2.48. The highest BCUT2D eigenvalue weighted by Gasteiger charge is 2.21. The largest absolute Gasteiger partial charge is 0.316 e. The Hall–Kier alpha value is -0.130. The SMILES string of the molecule is CN(CC1CNC1)S(C)(=O)=O. The Morgan fingerprint density at radius 1 is 1.55 bits per heavy atom. The Labute approximate surface area is 67.6 Å². The van der Waals surface area contributed by atoms with Gasteiger partial charge < -0.3 is 5.32 Å². The van der Waals surface area contributed by atoms with Crippen LogP contribution in [0.15, 0.2) is 0 Å². The Kier molecular flexibility index (Phi) is 2.51. The molecule has 0 bridgehead atoms. The zero-order chi connectivity index (χ0) is 8.48. The standard InChI is InChI=1S/C6H14N2O2S/c1-8(11(2,9)10)5-6-3-7-4-6/h6-7H,3-5H2,1-2H3. The average Bonchev–Trinajstić information content (AvgIpc) is 1.75. The average molecular weight is 178 g/mol. The molecule has 1 heterocycles. The van der Waals surface area contributed by atoms with Crippen LogP contribution in [-0.4, -0.2) is 45.7 Å². The summed E-state index contributed by atoms with van der Waals surface area (Å²) in [5.74, 6) is 0.509. The molecule has 0 unspecified atom stereocenters. The molecule has 1 rings (SSSR count). The van der Waals surface area contributed by atoms with Crippen molar-refractivity contribution in [3.8, 4) is 0 Å². The molecule has 0 radical (unpaired) electrons. The van der Waals surface area contributed by atoms with E-state index in [9.17, 15) is 8.42 Å². The monoisotopic (exact) mass is 178 g/mol. The highest BCUT2D eigenvalue weighted by atomic mass is 32.2. The molecule has 1 aliphatic rings. The zero-order valence-electron chi connectivity index (χ0n) is 6.87. The third-order valence-corrected chi connectivity index (χ3v) is 3.23. The van der Waals surface area contributed by atoms with E-state index >= 15 is 0 Å². The van der Waals surface area contributed by atoms with E-state index < -0.39 is 10.0 Å². The zero-order valence-corrected chi connectivity index (χ0v) is 7.69. The summed E-state index contributed by atoms with van der Waals surface area (Å²) >= 11 is 0. The highest BCUT2D eigenvalue weighted by Crippen LogP contribution is 2.06. The van der Waals surface area contributed by atoms with Crippen LogP contribution < -0.4 is 5.32 Å². The van der Waals surface area contributed by atoms with Gasteiger partial charge in [-0.2, -0.15) is 0 Å². The molecule has 0 aromatic carbocycles. The Bertz CT molecular complexity index is 221. The van der Waals surface area contributed by atoms with Gasteiger partial charge >= 0.3 is 0 Å². The number of sulfonamides is 1. The van der Waals surface area contributed by atoms with E-state index in [0.717, 1.165) is 13.1 Å². The normalized spacial score (nSPS) is 20.3. The fourth-order valence-corrected chi connectivity index (χ4v) is 1.46. The summed E-state index contributed by atoms with van der Waals surface area (Å²) in [6, 6.07) is 0. The van der Waals surface area contributed by atoms with Gasteiger partial charge in [0.2, 0.25) is 10.0 Å². The van der Waals surface area contributed by atoms with Crippen LogP contribution in [0.1, 0.15) is 0 Å². The number of rotatable bonds is 3. The number of hydrogen-bond donors (Lipinski definition) is 1. The van der Waals surface area contributed by atoms with Gasteiger partial charge in [-0.1, -0.05) is 0 Å². The van der Waals surface area contributed by atoms with Crippen LogP contribution in [0.25, 0.3) is 0 Å². The lowest BCUT2D eigenvalue weighted by atomic mass is 10.0. The van der Waals surface area contributed by atoms with Crippen LogP contribution in [0.2, 0.25) is 0 Å². The van der Waals surface area contributed by atoms with Crippen molar-refractivity contribution in [2.24, 2.45) is 5.92 Å². The van der Waals surface area contributed by atoms with Crippen LogP contribution in [0.4, 0.5) is 0 Å². The van der Waals surface area contributed by atoms with Crippen molar-refractivity contribution < 1.29 is 8.42 Å². The highest BCUT2D eigenvalue weighted by molar-refractivity contribution is 7.88. The van der Waals surface area contributed by atoms with Gasteiger partial charge in [-0.15, -0.1) is 0 Å². The molecule has 1 aliphatic heterocycles. The van der Waals surface area contributed by atoms with E-state index in [1.165, 1.54) is 10.6 Å². The number of hydrogen-bond acceptors (Lipinski definition) is 3. The van der Waals surface area contributed by atoms with Gasteiger partial charge in [0.1, 0.15) is 0 Å². The second-order valence-electron chi connectivity index (χ2n) is 3.07. The molecule has 0 saturated carbocycles. The van der Waals surface area contributed by atoms with Gasteiger partial charge in [-0.3, -0.25) is 0 Å². The summed E-state index contributed by atoms with van der Waals surface area (Å²) in [7, 11) is -1.35. The molecule has 0 aromatic heterocycles. The minimum Gasteiger partial charge on any atom is -0.316 e. The maximum atomic E-state index is 10.9. The van der Waals surface area contributed by atoms with E-state index in [1.54, 1.807) is 7.05 Å². The van der Waals surface area contributed by atoms with Crippen molar-refractivity contribution in [1.82, 2.24) is 9.62 Å². The summed E-state index contributed by atoms with van der Waals surface area (Å²) < 4.78 is 23.2. The minimum absolute atomic E-state index is 0.509. The maximum Gasteiger partial charge on any atom is 0.210 e. The first-order chi connectivity index (χ1) is 5.00. The van der Waals surface area contributed by atoms with E-state index in [-0.39, 0.29) is 0 Å². The predicted octanol–water partition coefficient (Wildman–Crippen LogP) is -0.903. The molecular formula is C6H14N2O2S. The van der Waals surface area contributed by atoms with Crippen molar-refractivity contribution in [1.29, 1.82) is 0 Å². The first-order valence-corrected chi connectivity index (χ1v) is 5.47. The summed E-state index contributed by atoms with van der Waals surface area (Å²) in [4.78, 5) is 0. The topological polar surface area (TPSA) is 49.4 Å². The van der Waals surface area contributed by atoms with Crippen molar-refractivity contribution in [2.45, 2.75) is 0 Å². The molecule has 11 heavy (non-hydrogen) atoms. The van der Waals surface area contributed by atoms with Gasteiger partial charge in [0.25, 0.3) is 0 Å². The van der Waals surface area contributed by atoms with Gasteiger partial charge in [0, 0.05) is 26.7 Å². The molecule has 0 aliphatic carbocycles. The van der Waals surface area contributed by atoms with Crippen LogP contribution in [0.3, 0.4) is 0 Å². The quantitative estimate of drug-likeness (QED) is 0.609. The molecule has 0 atom stereocenters. The van der Waals surface area contributed by atoms with E-state index in [4.69, 9.17) is 0 Å². The third kappa shape index (κ3) is 2.43. The summed E-state index contributed by atoms with van der Waals surface area (Å²) in [5, 5.41) is 3.10. The molecule has 1 fully saturated rings. The molecular weight excluding hydrogens is 164 g/mol. The van der Waals surface area contributed by atoms with Gasteiger partial charge in [0.05, 0.1) is 6.26 Å². The molecule has 1 N–H and O–H groups in total. The van der Waals surface area contributed by atoms with Gasteiger partial charge in [-0.25, -0.2) is 12.7 Å². The molecule has 0 aromatic rings. The van der Waals surface area contributed by atoms with E-state index in [2.05, 4.69) is 5.32 Å². The van der Waals surface area contributed by atoms with Crippen LogP contribution >= 0.6 is 0 Å². The Morgan fingerprint density at radius 2 is 2.09 bits per heavy atom. The molecule has 0 spiro atoms. The molecule has 1 saturated heterocycles. The summed E-state index contributed by atoms with van der Waals surface area (Å²) in [6.45, 7) is 2.53. The second-order valence-corrected chi connectivity index (χ2v) is 5.16. The van der Waals surface area contributed by atoms with Gasteiger partial charge in [-0.05, 0) is 5.92 Å². The lowest BCUT2D eigenvalue weighted by Gasteiger charge is -2.30. The van der Waals surface area contributed by atoms with Crippen LogP contribution in [0.5, 0.6) is 0 Å². The smallest absolute Gasteiger partial charge is 0.210 e. The maximum absolute atomic E-state index is 10.9. The van der Waals surface area contributed by atoms with Crippen LogP contribution in [-0.2, 0) is 10.0 Å². The first kappa shape index (κ1) is 8.96. The third-order valence-electron chi connectivity index (χ3n) is 1.95. The predicted molar refractivity (Wildman–Crippen MR) is 43.8 cm³/mol. The van der Waals surface area contributed by atoms with Crippen molar-refractivity contribution >= 4 is 10.0 Å².